The third-order valence-electron chi connectivity index (χ3n) is 13.2. The van der Waals surface area contributed by atoms with Crippen molar-refractivity contribution in [1.82, 2.24) is 40.3 Å². The summed E-state index contributed by atoms with van der Waals surface area (Å²) in [6, 6.07) is 13.5. The summed E-state index contributed by atoms with van der Waals surface area (Å²) in [5.41, 5.74) is 9.00. The Hall–Kier alpha value is -5.71. The average Bonchev–Trinajstić information content (AvgIpc) is 3.87. The van der Waals surface area contributed by atoms with Crippen molar-refractivity contribution in [2.45, 2.75) is 94.7 Å². The number of unbranched alkanes of at least 4 members (excludes halogenated alkanes) is 4. The van der Waals surface area contributed by atoms with Crippen molar-refractivity contribution in [1.29, 1.82) is 0 Å². The zero-order chi connectivity index (χ0) is 44.1. The molecule has 0 saturated carbocycles. The number of H-pyrrole nitrogens is 1. The van der Waals surface area contributed by atoms with Crippen LogP contribution in [0.1, 0.15) is 109 Å². The molecule has 63 heavy (non-hydrogen) atoms. The molecule has 3 fully saturated rings. The van der Waals surface area contributed by atoms with Crippen LogP contribution in [0.5, 0.6) is 0 Å². The quantitative estimate of drug-likeness (QED) is 0.0923. The van der Waals surface area contributed by atoms with Crippen LogP contribution in [0.4, 0.5) is 5.82 Å². The van der Waals surface area contributed by atoms with E-state index in [1.807, 2.05) is 47.5 Å². The van der Waals surface area contributed by atoms with Crippen LogP contribution in [0.3, 0.4) is 0 Å². The molecule has 6 amide bonds. The monoisotopic (exact) mass is 878 g/mol. The van der Waals surface area contributed by atoms with Crippen molar-refractivity contribution in [3.05, 3.63) is 88.3 Å². The Kier molecular flexibility index (Phi) is 13.5. The van der Waals surface area contributed by atoms with Crippen LogP contribution in [0.2, 0.25) is 5.02 Å². The van der Waals surface area contributed by atoms with Gasteiger partial charge in [0.15, 0.2) is 0 Å². The number of piperazine rings is 1. The highest BCUT2D eigenvalue weighted by Crippen LogP contribution is 2.32. The van der Waals surface area contributed by atoms with Crippen molar-refractivity contribution >= 4 is 63.9 Å². The number of halogens is 1. The molecule has 4 aliphatic rings. The van der Waals surface area contributed by atoms with E-state index in [0.717, 1.165) is 84.6 Å². The topological polar surface area (TPSA) is 207 Å². The minimum Gasteiger partial charge on any atom is -0.356 e. The van der Waals surface area contributed by atoms with Crippen LogP contribution in [-0.4, -0.2) is 122 Å². The maximum Gasteiger partial charge on any atom is 0.262 e. The first-order valence-corrected chi connectivity index (χ1v) is 22.6. The molecule has 6 heterocycles. The number of aryl methyl sites for hydroxylation is 1. The predicted octanol–water partition coefficient (Wildman–Crippen LogP) is 4.29. The molecule has 2 aromatic carbocycles. The fraction of sp³-hybridized carbons (Fsp3) is 0.478. The molecule has 0 spiro atoms. The van der Waals surface area contributed by atoms with E-state index in [1.165, 1.54) is 0 Å². The molecule has 4 aromatic rings. The maximum atomic E-state index is 13.9. The van der Waals surface area contributed by atoms with Gasteiger partial charge in [0, 0.05) is 69.9 Å². The number of carbonyl (C=O) groups excluding carboxylic acids is 6. The van der Waals surface area contributed by atoms with E-state index in [0.29, 0.717) is 74.4 Å². The Morgan fingerprint density at radius 1 is 0.889 bits per heavy atom. The molecule has 4 aliphatic heterocycles. The van der Waals surface area contributed by atoms with Crippen LogP contribution in [-0.2, 0) is 25.6 Å². The molecule has 0 aliphatic carbocycles. The molecule has 8 rings (SSSR count). The molecular weight excluding hydrogens is 824 g/mol. The molecular formula is C46H55ClN10O6. The Balaban J connectivity index is 0.745. The number of carbonyl (C=O) groups is 6. The van der Waals surface area contributed by atoms with E-state index in [2.05, 4.69) is 35.4 Å². The minimum absolute atomic E-state index is 0.0818. The Morgan fingerprint density at radius 3 is 2.40 bits per heavy atom. The molecule has 0 bridgehead atoms. The van der Waals surface area contributed by atoms with E-state index >= 15 is 0 Å². The summed E-state index contributed by atoms with van der Waals surface area (Å²) in [5, 5.41) is 7.10. The van der Waals surface area contributed by atoms with Crippen LogP contribution in [0, 0.1) is 0 Å². The van der Waals surface area contributed by atoms with Crippen molar-refractivity contribution in [3.63, 3.8) is 0 Å². The normalized spacial score (nSPS) is 19.7. The number of piperidine rings is 2. The number of nitrogens with two attached hydrogens (primary N) is 1. The van der Waals surface area contributed by atoms with Gasteiger partial charge in [-0.25, -0.2) is 9.97 Å². The third kappa shape index (κ3) is 9.77. The van der Waals surface area contributed by atoms with Gasteiger partial charge < -0.3 is 25.8 Å². The number of aromatic nitrogens is 3. The highest BCUT2D eigenvalue weighted by molar-refractivity contribution is 6.30. The Morgan fingerprint density at radius 2 is 1.63 bits per heavy atom. The second-order valence-corrected chi connectivity index (χ2v) is 17.7. The maximum absolute atomic E-state index is 13.9. The largest absolute Gasteiger partial charge is 0.356 e. The predicted molar refractivity (Wildman–Crippen MR) is 237 cm³/mol. The summed E-state index contributed by atoms with van der Waals surface area (Å²) in [6.07, 6.45) is 10.8. The van der Waals surface area contributed by atoms with Crippen molar-refractivity contribution < 1.29 is 28.8 Å². The summed E-state index contributed by atoms with van der Waals surface area (Å²) in [7, 11) is 0. The van der Waals surface area contributed by atoms with Crippen molar-refractivity contribution in [3.8, 4) is 0 Å². The molecule has 2 aromatic heterocycles. The third-order valence-corrected chi connectivity index (χ3v) is 13.4. The number of nitrogens with one attached hydrogen (secondary N) is 3. The van der Waals surface area contributed by atoms with Gasteiger partial charge in [0.25, 0.3) is 11.8 Å². The van der Waals surface area contributed by atoms with E-state index < -0.39 is 35.2 Å². The lowest BCUT2D eigenvalue weighted by atomic mass is 9.87. The molecule has 2 atom stereocenters. The van der Waals surface area contributed by atoms with Gasteiger partial charge in [-0.2, -0.15) is 0 Å². The molecule has 0 radical (unpaired) electrons. The lowest BCUT2D eigenvalue weighted by Crippen LogP contribution is -2.60. The first kappa shape index (κ1) is 43.9. The zero-order valence-corrected chi connectivity index (χ0v) is 36.2. The van der Waals surface area contributed by atoms with Gasteiger partial charge in [-0.05, 0) is 80.3 Å². The second-order valence-electron chi connectivity index (χ2n) is 17.2. The smallest absolute Gasteiger partial charge is 0.262 e. The Bertz CT molecular complexity index is 2350. The number of imide groups is 2. The molecule has 5 N–H and O–H groups in total. The molecule has 332 valence electrons. The fourth-order valence-electron chi connectivity index (χ4n) is 9.38. The molecule has 17 heteroatoms. The Labute approximate surface area is 371 Å². The summed E-state index contributed by atoms with van der Waals surface area (Å²) in [5.74, 6) is -1.14. The first-order chi connectivity index (χ1) is 30.5. The number of nitrogens with zero attached hydrogens (tertiary/aromatic N) is 6. The van der Waals surface area contributed by atoms with Crippen LogP contribution >= 0.6 is 11.6 Å². The summed E-state index contributed by atoms with van der Waals surface area (Å²) in [6.45, 7) is 4.76. The van der Waals surface area contributed by atoms with Crippen LogP contribution in [0.25, 0.3) is 11.0 Å². The lowest BCUT2D eigenvalue weighted by molar-refractivity contribution is -0.136. The van der Waals surface area contributed by atoms with Gasteiger partial charge in [-0.1, -0.05) is 55.1 Å². The number of benzene rings is 2. The zero-order valence-electron chi connectivity index (χ0n) is 35.5. The van der Waals surface area contributed by atoms with E-state index in [1.54, 1.807) is 18.5 Å². The van der Waals surface area contributed by atoms with Gasteiger partial charge in [-0.3, -0.25) is 43.9 Å². The van der Waals surface area contributed by atoms with Gasteiger partial charge in [0.1, 0.15) is 23.8 Å². The first-order valence-electron chi connectivity index (χ1n) is 22.2. The summed E-state index contributed by atoms with van der Waals surface area (Å²) in [4.78, 5) is 97.1. The molecule has 16 nitrogen and oxygen atoms in total. The van der Waals surface area contributed by atoms with Crippen molar-refractivity contribution in [2.75, 3.05) is 50.7 Å². The van der Waals surface area contributed by atoms with E-state index in [-0.39, 0.29) is 30.7 Å². The number of aromatic amines is 1. The van der Waals surface area contributed by atoms with Crippen LogP contribution < -0.4 is 21.3 Å². The van der Waals surface area contributed by atoms with Gasteiger partial charge in [0.2, 0.25) is 23.6 Å². The lowest BCUT2D eigenvalue weighted by Gasteiger charge is -2.39. The number of hydrogen-bond donors (Lipinski definition) is 4. The standard InChI is InChI=1S/C46H55ClN10O6/c47-32-13-11-30(12-14-32)35(52-45(63)46(48)19-23-56(24-20-46)41-34-17-21-49-40(34)50-29-51-41)18-22-54-25-27-55(28-26-54)38(59)10-5-3-1-2-4-7-31-8-6-9-33-39(31)44(62)57(43(33)61)36-15-16-37(58)53-42(36)60/h6,8-9,11-14,17,21,29,35-36H,1-5,7,10,15-16,18-20,22-28,48H2,(H,52,63)(H,49,50,51)(H,53,58,60)/t35-,36?/m0/s1. The van der Waals surface area contributed by atoms with Gasteiger partial charge >= 0.3 is 0 Å². The highest BCUT2D eigenvalue weighted by Gasteiger charge is 2.45. The second kappa shape index (κ2) is 19.4. The number of hydrogen-bond acceptors (Lipinski definition) is 11. The average molecular weight is 879 g/mol. The fourth-order valence-corrected chi connectivity index (χ4v) is 9.51. The number of rotatable bonds is 16. The van der Waals surface area contributed by atoms with E-state index in [4.69, 9.17) is 17.3 Å². The van der Waals surface area contributed by atoms with E-state index in [9.17, 15) is 28.8 Å². The van der Waals surface area contributed by atoms with Gasteiger partial charge in [-0.15, -0.1) is 0 Å². The molecule has 1 unspecified atom stereocenters. The molecule has 3 saturated heterocycles. The van der Waals surface area contributed by atoms with Crippen LogP contribution in [0.15, 0.2) is 61.1 Å². The number of anilines is 1. The summed E-state index contributed by atoms with van der Waals surface area (Å²) < 4.78 is 0. The number of fused-ring (bicyclic) bond motifs is 2. The number of amides is 6. The SMILES string of the molecule is NC1(C(=O)N[C@@H](CCN2CCN(C(=O)CCCCCCCc3cccc4c3C(=O)N(C3CCC(=O)NC3=O)C4=O)CC2)c2ccc(Cl)cc2)CCN(c2ncnc3[nH]ccc23)CC1. The summed E-state index contributed by atoms with van der Waals surface area (Å²) >= 11 is 6.23. The van der Waals surface area contributed by atoms with Crippen molar-refractivity contribution in [2.24, 2.45) is 5.73 Å². The highest BCUT2D eigenvalue weighted by atomic mass is 35.5. The minimum atomic E-state index is -1.02. The van der Waals surface area contributed by atoms with Gasteiger partial charge in [0.05, 0.1) is 28.1 Å².